The molecule has 3 heteroatoms. The van der Waals surface area contributed by atoms with Crippen LogP contribution in [0.15, 0.2) is 24.3 Å². The maximum atomic E-state index is 12.3. The molecule has 1 aliphatic rings. The first-order chi connectivity index (χ1) is 10.6. The van der Waals surface area contributed by atoms with Gasteiger partial charge in [0, 0.05) is 0 Å². The second kappa shape index (κ2) is 7.66. The van der Waals surface area contributed by atoms with Crippen LogP contribution in [0.3, 0.4) is 0 Å². The molecule has 2 rings (SSSR count). The molecule has 3 nitrogen and oxygen atoms in total. The predicted molar refractivity (Wildman–Crippen MR) is 88.2 cm³/mol. The average Bonchev–Trinajstić information content (AvgIpc) is 2.50. The Hall–Kier alpha value is -1.51. The van der Waals surface area contributed by atoms with Crippen LogP contribution in [0.25, 0.3) is 0 Å². The van der Waals surface area contributed by atoms with Gasteiger partial charge in [0.1, 0.15) is 11.5 Å². The molecule has 22 heavy (non-hydrogen) atoms. The fourth-order valence-corrected chi connectivity index (χ4v) is 3.37. The normalized spacial score (nSPS) is 24.8. The van der Waals surface area contributed by atoms with Crippen molar-refractivity contribution in [3.05, 3.63) is 24.3 Å². The molecule has 1 aromatic carbocycles. The average molecular weight is 304 g/mol. The smallest absolute Gasteiger partial charge is 0.314 e. The van der Waals surface area contributed by atoms with Gasteiger partial charge >= 0.3 is 5.97 Å². The van der Waals surface area contributed by atoms with E-state index in [4.69, 9.17) is 9.47 Å². The van der Waals surface area contributed by atoms with Gasteiger partial charge in [0.2, 0.25) is 0 Å². The highest BCUT2D eigenvalue weighted by Gasteiger charge is 2.34. The van der Waals surface area contributed by atoms with E-state index >= 15 is 0 Å². The first-order valence-corrected chi connectivity index (χ1v) is 8.51. The highest BCUT2D eigenvalue weighted by Crippen LogP contribution is 2.42. The third kappa shape index (κ3) is 4.49. The number of hydrogen-bond acceptors (Lipinski definition) is 3. The zero-order valence-electron chi connectivity index (χ0n) is 14.1. The lowest BCUT2D eigenvalue weighted by Gasteiger charge is -2.36. The van der Waals surface area contributed by atoms with Gasteiger partial charge in [0.25, 0.3) is 0 Å². The Kier molecular flexibility index (Phi) is 5.87. The summed E-state index contributed by atoms with van der Waals surface area (Å²) >= 11 is 0. The Morgan fingerprint density at radius 3 is 2.27 bits per heavy atom. The van der Waals surface area contributed by atoms with E-state index in [9.17, 15) is 4.79 Å². The van der Waals surface area contributed by atoms with Crippen LogP contribution in [0.1, 0.15) is 59.3 Å². The molecule has 122 valence electrons. The molecule has 0 amide bonds. The van der Waals surface area contributed by atoms with Gasteiger partial charge in [-0.15, -0.1) is 0 Å². The summed E-state index contributed by atoms with van der Waals surface area (Å²) in [7, 11) is 0. The van der Waals surface area contributed by atoms with Crippen molar-refractivity contribution >= 4 is 5.97 Å². The van der Waals surface area contributed by atoms with Crippen LogP contribution >= 0.6 is 0 Å². The molecule has 0 heterocycles. The zero-order valence-corrected chi connectivity index (χ0v) is 14.1. The lowest BCUT2D eigenvalue weighted by molar-refractivity contribution is -0.140. The van der Waals surface area contributed by atoms with Gasteiger partial charge < -0.3 is 9.47 Å². The predicted octanol–water partition coefficient (Wildman–Crippen LogP) is 4.99. The molecule has 1 fully saturated rings. The Labute approximate surface area is 134 Å². The molecule has 1 aliphatic carbocycles. The summed E-state index contributed by atoms with van der Waals surface area (Å²) in [5, 5.41) is 0. The van der Waals surface area contributed by atoms with Gasteiger partial charge in [-0.1, -0.05) is 20.3 Å². The quantitative estimate of drug-likeness (QED) is 0.549. The van der Waals surface area contributed by atoms with Crippen LogP contribution in [0.4, 0.5) is 0 Å². The highest BCUT2D eigenvalue weighted by molar-refractivity contribution is 5.75. The topological polar surface area (TPSA) is 35.5 Å². The van der Waals surface area contributed by atoms with E-state index in [0.29, 0.717) is 17.8 Å². The van der Waals surface area contributed by atoms with Crippen LogP contribution in [0.2, 0.25) is 0 Å². The van der Waals surface area contributed by atoms with Gasteiger partial charge in [0.05, 0.1) is 12.5 Å². The lowest BCUT2D eigenvalue weighted by atomic mass is 9.69. The van der Waals surface area contributed by atoms with E-state index in [2.05, 4.69) is 13.8 Å². The second-order valence-corrected chi connectivity index (χ2v) is 6.66. The SMILES string of the molecule is CCC[C@]1(C)CC[C@H](C(=O)Oc2ccc(OCC)cc2)CC1. The number of esters is 1. The molecule has 0 radical (unpaired) electrons. The summed E-state index contributed by atoms with van der Waals surface area (Å²) in [6.45, 7) is 7.17. The van der Waals surface area contributed by atoms with Crippen LogP contribution in [-0.2, 0) is 4.79 Å². The van der Waals surface area contributed by atoms with E-state index in [-0.39, 0.29) is 11.9 Å². The summed E-state index contributed by atoms with van der Waals surface area (Å²) in [6.07, 6.45) is 6.64. The number of rotatable bonds is 6. The van der Waals surface area contributed by atoms with Crippen molar-refractivity contribution in [2.75, 3.05) is 6.61 Å². The van der Waals surface area contributed by atoms with Gasteiger partial charge in [-0.25, -0.2) is 0 Å². The molecule has 1 aromatic rings. The Bertz CT molecular complexity index is 470. The first kappa shape index (κ1) is 16.9. The molecule has 0 atom stereocenters. The van der Waals surface area contributed by atoms with Gasteiger partial charge in [0.15, 0.2) is 0 Å². The summed E-state index contributed by atoms with van der Waals surface area (Å²) in [4.78, 5) is 12.3. The summed E-state index contributed by atoms with van der Waals surface area (Å²) < 4.78 is 10.9. The van der Waals surface area contributed by atoms with Gasteiger partial charge in [-0.3, -0.25) is 4.79 Å². The number of hydrogen-bond donors (Lipinski definition) is 0. The van der Waals surface area contributed by atoms with Crippen LogP contribution < -0.4 is 9.47 Å². The monoisotopic (exact) mass is 304 g/mol. The molecule has 0 unspecified atom stereocenters. The van der Waals surface area contributed by atoms with Crippen molar-refractivity contribution in [3.8, 4) is 11.5 Å². The minimum absolute atomic E-state index is 0.0523. The van der Waals surface area contributed by atoms with Crippen LogP contribution in [0.5, 0.6) is 11.5 Å². The fraction of sp³-hybridized carbons (Fsp3) is 0.632. The van der Waals surface area contributed by atoms with E-state index in [0.717, 1.165) is 31.4 Å². The Morgan fingerprint density at radius 2 is 1.73 bits per heavy atom. The molecule has 0 aliphatic heterocycles. The molecular formula is C19H28O3. The maximum Gasteiger partial charge on any atom is 0.314 e. The minimum Gasteiger partial charge on any atom is -0.494 e. The number of benzene rings is 1. The van der Waals surface area contributed by atoms with E-state index in [1.165, 1.54) is 12.8 Å². The highest BCUT2D eigenvalue weighted by atomic mass is 16.5. The standard InChI is InChI=1S/C19H28O3/c1-4-12-19(3)13-10-15(11-14-19)18(20)22-17-8-6-16(7-9-17)21-5-2/h6-9,15H,4-5,10-14H2,1-3H3/t15-,19+. The van der Waals surface area contributed by atoms with Crippen molar-refractivity contribution < 1.29 is 14.3 Å². The third-order valence-corrected chi connectivity index (χ3v) is 4.73. The summed E-state index contributed by atoms with van der Waals surface area (Å²) in [5.74, 6) is 1.38. The molecule has 0 N–H and O–H groups in total. The van der Waals surface area contributed by atoms with E-state index < -0.39 is 0 Å². The molecule has 1 saturated carbocycles. The lowest BCUT2D eigenvalue weighted by Crippen LogP contribution is -2.30. The third-order valence-electron chi connectivity index (χ3n) is 4.73. The van der Waals surface area contributed by atoms with E-state index in [1.54, 1.807) is 12.1 Å². The molecule has 0 bridgehead atoms. The van der Waals surface area contributed by atoms with Crippen molar-refractivity contribution in [3.63, 3.8) is 0 Å². The largest absolute Gasteiger partial charge is 0.494 e. The summed E-state index contributed by atoms with van der Waals surface area (Å²) in [6, 6.07) is 7.27. The minimum atomic E-state index is -0.0808. The second-order valence-electron chi connectivity index (χ2n) is 6.66. The zero-order chi connectivity index (χ0) is 16.0. The molecule has 0 spiro atoms. The van der Waals surface area contributed by atoms with Crippen molar-refractivity contribution in [2.24, 2.45) is 11.3 Å². The molecule has 0 aromatic heterocycles. The van der Waals surface area contributed by atoms with Gasteiger partial charge in [-0.05, 0) is 68.7 Å². The molecule has 0 saturated heterocycles. The van der Waals surface area contributed by atoms with Crippen molar-refractivity contribution in [1.29, 1.82) is 0 Å². The van der Waals surface area contributed by atoms with Crippen molar-refractivity contribution in [1.82, 2.24) is 0 Å². The number of ether oxygens (including phenoxy) is 2. The van der Waals surface area contributed by atoms with Gasteiger partial charge in [-0.2, -0.15) is 0 Å². The number of carbonyl (C=O) groups excluding carboxylic acids is 1. The number of carbonyl (C=O) groups is 1. The first-order valence-electron chi connectivity index (χ1n) is 8.51. The van der Waals surface area contributed by atoms with Crippen LogP contribution in [0, 0.1) is 11.3 Å². The maximum absolute atomic E-state index is 12.3. The Morgan fingerprint density at radius 1 is 1.14 bits per heavy atom. The van der Waals surface area contributed by atoms with Crippen LogP contribution in [-0.4, -0.2) is 12.6 Å². The van der Waals surface area contributed by atoms with Crippen molar-refractivity contribution in [2.45, 2.75) is 59.3 Å². The van der Waals surface area contributed by atoms with E-state index in [1.807, 2.05) is 19.1 Å². The summed E-state index contributed by atoms with van der Waals surface area (Å²) in [5.41, 5.74) is 0.421. The molecular weight excluding hydrogens is 276 g/mol. The fourth-order valence-electron chi connectivity index (χ4n) is 3.37. The Balaban J connectivity index is 1.85.